The highest BCUT2D eigenvalue weighted by Crippen LogP contribution is 2.26. The highest BCUT2D eigenvalue weighted by atomic mass is 19.4. The fourth-order valence-corrected chi connectivity index (χ4v) is 0.853. The summed E-state index contributed by atoms with van der Waals surface area (Å²) in [6.45, 7) is 1.60. The standard InChI is InChI=1S/C7H7F3N2O/c1-2-4-3-5(7(8,9)10)11-12-6(4)13/h3H,2H2,1H3,(H,12,13). The minimum Gasteiger partial charge on any atom is -0.268 e. The Morgan fingerprint density at radius 3 is 2.62 bits per heavy atom. The van der Waals surface area contributed by atoms with Gasteiger partial charge in [-0.05, 0) is 12.5 Å². The van der Waals surface area contributed by atoms with E-state index in [1.165, 1.54) is 0 Å². The number of aromatic amines is 1. The van der Waals surface area contributed by atoms with E-state index in [1.54, 1.807) is 12.0 Å². The molecule has 0 fully saturated rings. The lowest BCUT2D eigenvalue weighted by atomic mass is 10.2. The Hall–Kier alpha value is -1.33. The third kappa shape index (κ3) is 2.07. The van der Waals surface area contributed by atoms with E-state index in [1.807, 2.05) is 0 Å². The van der Waals surface area contributed by atoms with E-state index in [2.05, 4.69) is 5.10 Å². The van der Waals surface area contributed by atoms with Crippen molar-refractivity contribution in [3.8, 4) is 0 Å². The zero-order valence-electron chi connectivity index (χ0n) is 6.77. The topological polar surface area (TPSA) is 45.8 Å². The molecule has 6 heteroatoms. The van der Waals surface area contributed by atoms with Crippen LogP contribution in [0.25, 0.3) is 0 Å². The first-order valence-corrected chi connectivity index (χ1v) is 3.61. The number of alkyl halides is 3. The van der Waals surface area contributed by atoms with Crippen molar-refractivity contribution in [3.05, 3.63) is 27.7 Å². The van der Waals surface area contributed by atoms with Gasteiger partial charge >= 0.3 is 6.18 Å². The zero-order chi connectivity index (χ0) is 10.1. The molecule has 1 heterocycles. The molecule has 0 aromatic carbocycles. The van der Waals surface area contributed by atoms with Crippen LogP contribution in [0.4, 0.5) is 13.2 Å². The number of halogens is 3. The van der Waals surface area contributed by atoms with E-state index in [-0.39, 0.29) is 12.0 Å². The highest BCUT2D eigenvalue weighted by Gasteiger charge is 2.33. The lowest BCUT2D eigenvalue weighted by Gasteiger charge is -2.04. The molecule has 1 aromatic rings. The van der Waals surface area contributed by atoms with Gasteiger partial charge in [0.2, 0.25) is 0 Å². The molecule has 0 radical (unpaired) electrons. The smallest absolute Gasteiger partial charge is 0.268 e. The van der Waals surface area contributed by atoms with Gasteiger partial charge in [0, 0.05) is 5.56 Å². The molecular weight excluding hydrogens is 185 g/mol. The van der Waals surface area contributed by atoms with Crippen LogP contribution in [0.15, 0.2) is 10.9 Å². The molecule has 1 N–H and O–H groups in total. The van der Waals surface area contributed by atoms with E-state index < -0.39 is 17.4 Å². The zero-order valence-corrected chi connectivity index (χ0v) is 6.77. The molecule has 0 saturated heterocycles. The van der Waals surface area contributed by atoms with Crippen LogP contribution in [-0.2, 0) is 12.6 Å². The van der Waals surface area contributed by atoms with Crippen LogP contribution in [0.2, 0.25) is 0 Å². The largest absolute Gasteiger partial charge is 0.435 e. The Bertz CT molecular complexity index is 355. The molecule has 0 saturated carbocycles. The molecule has 72 valence electrons. The van der Waals surface area contributed by atoms with E-state index in [0.717, 1.165) is 6.07 Å². The summed E-state index contributed by atoms with van der Waals surface area (Å²) in [4.78, 5) is 10.8. The summed E-state index contributed by atoms with van der Waals surface area (Å²) in [6.07, 6.45) is -4.25. The van der Waals surface area contributed by atoms with Crippen molar-refractivity contribution in [2.45, 2.75) is 19.5 Å². The second kappa shape index (κ2) is 3.20. The fraction of sp³-hybridized carbons (Fsp3) is 0.429. The first kappa shape index (κ1) is 9.76. The minimum atomic E-state index is -4.51. The van der Waals surface area contributed by atoms with Crippen molar-refractivity contribution in [3.63, 3.8) is 0 Å². The number of hydrogen-bond acceptors (Lipinski definition) is 2. The molecule has 0 amide bonds. The summed E-state index contributed by atoms with van der Waals surface area (Å²) in [5.74, 6) is 0. The molecule has 0 aliphatic carbocycles. The van der Waals surface area contributed by atoms with E-state index >= 15 is 0 Å². The third-order valence-electron chi connectivity index (χ3n) is 1.55. The summed E-state index contributed by atoms with van der Waals surface area (Å²) in [5, 5.41) is 4.70. The second-order valence-electron chi connectivity index (χ2n) is 2.46. The Morgan fingerprint density at radius 1 is 1.54 bits per heavy atom. The third-order valence-corrected chi connectivity index (χ3v) is 1.55. The second-order valence-corrected chi connectivity index (χ2v) is 2.46. The molecule has 0 bridgehead atoms. The van der Waals surface area contributed by atoms with Gasteiger partial charge in [0.25, 0.3) is 5.56 Å². The first-order chi connectivity index (χ1) is 5.95. The number of hydrogen-bond donors (Lipinski definition) is 1. The van der Waals surface area contributed by atoms with Crippen LogP contribution < -0.4 is 5.56 Å². The molecule has 1 rings (SSSR count). The summed E-state index contributed by atoms with van der Waals surface area (Å²) < 4.78 is 36.2. The van der Waals surface area contributed by atoms with Gasteiger partial charge in [0.15, 0.2) is 5.69 Å². The summed E-state index contributed by atoms with van der Waals surface area (Å²) >= 11 is 0. The molecule has 0 unspecified atom stereocenters. The molecule has 1 aromatic heterocycles. The minimum absolute atomic E-state index is 0.0855. The molecule has 0 atom stereocenters. The average molecular weight is 192 g/mol. The van der Waals surface area contributed by atoms with Crippen molar-refractivity contribution in [2.75, 3.05) is 0 Å². The molecule has 0 aliphatic heterocycles. The Balaban J connectivity index is 3.22. The van der Waals surface area contributed by atoms with Gasteiger partial charge in [-0.15, -0.1) is 0 Å². The predicted octanol–water partition coefficient (Wildman–Crippen LogP) is 1.35. The predicted molar refractivity (Wildman–Crippen MR) is 39.2 cm³/mol. The van der Waals surface area contributed by atoms with Crippen molar-refractivity contribution in [1.82, 2.24) is 10.2 Å². The van der Waals surface area contributed by atoms with Crippen LogP contribution in [0.5, 0.6) is 0 Å². The van der Waals surface area contributed by atoms with Gasteiger partial charge in [-0.2, -0.15) is 18.3 Å². The lowest BCUT2D eigenvalue weighted by molar-refractivity contribution is -0.141. The molecule has 13 heavy (non-hydrogen) atoms. The van der Waals surface area contributed by atoms with Gasteiger partial charge in [-0.3, -0.25) is 4.79 Å². The maximum Gasteiger partial charge on any atom is 0.435 e. The Kier molecular flexibility index (Phi) is 2.40. The van der Waals surface area contributed by atoms with Crippen LogP contribution in [0.1, 0.15) is 18.2 Å². The fourth-order valence-electron chi connectivity index (χ4n) is 0.853. The number of aromatic nitrogens is 2. The van der Waals surface area contributed by atoms with Gasteiger partial charge in [-0.25, -0.2) is 5.10 Å². The molecule has 0 spiro atoms. The number of nitrogens with zero attached hydrogens (tertiary/aromatic N) is 1. The lowest BCUT2D eigenvalue weighted by Crippen LogP contribution is -2.19. The van der Waals surface area contributed by atoms with E-state index in [0.29, 0.717) is 0 Å². The number of H-pyrrole nitrogens is 1. The van der Waals surface area contributed by atoms with Crippen LogP contribution in [0, 0.1) is 0 Å². The van der Waals surface area contributed by atoms with Crippen molar-refractivity contribution in [2.24, 2.45) is 0 Å². The average Bonchev–Trinajstić information content (AvgIpc) is 2.03. The summed E-state index contributed by atoms with van der Waals surface area (Å²) in [7, 11) is 0. The quantitative estimate of drug-likeness (QED) is 0.729. The normalized spacial score (nSPS) is 11.7. The SMILES string of the molecule is CCc1cc(C(F)(F)F)n[nH]c1=O. The van der Waals surface area contributed by atoms with E-state index in [9.17, 15) is 18.0 Å². The van der Waals surface area contributed by atoms with Crippen LogP contribution >= 0.6 is 0 Å². The Morgan fingerprint density at radius 2 is 2.15 bits per heavy atom. The maximum absolute atomic E-state index is 12.1. The molecular formula is C7H7F3N2O. The van der Waals surface area contributed by atoms with Crippen LogP contribution in [0.3, 0.4) is 0 Å². The van der Waals surface area contributed by atoms with Gasteiger partial charge in [-0.1, -0.05) is 6.92 Å². The summed E-state index contributed by atoms with van der Waals surface area (Å²) in [5.41, 5.74) is -1.55. The maximum atomic E-state index is 12.1. The van der Waals surface area contributed by atoms with Crippen molar-refractivity contribution in [1.29, 1.82) is 0 Å². The monoisotopic (exact) mass is 192 g/mol. The number of nitrogens with one attached hydrogen (secondary N) is 1. The van der Waals surface area contributed by atoms with Crippen molar-refractivity contribution < 1.29 is 13.2 Å². The number of rotatable bonds is 1. The van der Waals surface area contributed by atoms with Gasteiger partial charge in [0.1, 0.15) is 0 Å². The van der Waals surface area contributed by atoms with Gasteiger partial charge < -0.3 is 0 Å². The molecule has 3 nitrogen and oxygen atoms in total. The summed E-state index contributed by atoms with van der Waals surface area (Å²) in [6, 6.07) is 0.763. The molecule has 0 aliphatic rings. The Labute approximate surface area is 71.6 Å². The number of aryl methyl sites for hydroxylation is 1. The first-order valence-electron chi connectivity index (χ1n) is 3.61. The van der Waals surface area contributed by atoms with Crippen LogP contribution in [-0.4, -0.2) is 10.2 Å². The van der Waals surface area contributed by atoms with E-state index in [4.69, 9.17) is 0 Å². The van der Waals surface area contributed by atoms with Crippen molar-refractivity contribution >= 4 is 0 Å². The highest BCUT2D eigenvalue weighted by molar-refractivity contribution is 5.14. The van der Waals surface area contributed by atoms with Gasteiger partial charge in [0.05, 0.1) is 0 Å².